The average Bonchev–Trinajstić information content (AvgIpc) is 2.53. The Morgan fingerprint density at radius 1 is 0.870 bits per heavy atom. The van der Waals surface area contributed by atoms with Crippen LogP contribution in [0, 0.1) is 13.8 Å². The van der Waals surface area contributed by atoms with Crippen LogP contribution in [0.4, 0.5) is 11.4 Å². The Kier molecular flexibility index (Phi) is 5.97. The third-order valence-corrected chi connectivity index (χ3v) is 4.59. The fourth-order valence-electron chi connectivity index (χ4n) is 2.24. The van der Waals surface area contributed by atoms with Gasteiger partial charge in [0, 0.05) is 10.0 Å². The molecule has 0 heterocycles. The molecule has 0 saturated carbocycles. The number of hydrogen-bond acceptors (Lipinski definition) is 2. The van der Waals surface area contributed by atoms with Gasteiger partial charge in [-0.05, 0) is 62.6 Å². The van der Waals surface area contributed by atoms with Crippen molar-refractivity contribution in [2.24, 2.45) is 9.98 Å². The molecule has 0 spiro atoms. The molecule has 0 aliphatic carbocycles. The van der Waals surface area contributed by atoms with Crippen LogP contribution in [-0.2, 0) is 0 Å². The number of rotatable bonds is 4. The molecule has 2 aromatic rings. The normalized spacial score (nSPS) is 12.6. The van der Waals surface area contributed by atoms with Crippen molar-refractivity contribution < 1.29 is 0 Å². The van der Waals surface area contributed by atoms with Gasteiger partial charge in [-0.3, -0.25) is 9.98 Å². The first kappa shape index (κ1) is 17.7. The SMILES string of the molecule is CCC(=Nc1cccc(Cl)c1C)C(C)=Nc1cccc(Cl)c1C. The van der Waals surface area contributed by atoms with E-state index in [0.29, 0.717) is 0 Å². The van der Waals surface area contributed by atoms with Gasteiger partial charge in [-0.1, -0.05) is 42.3 Å². The van der Waals surface area contributed by atoms with Gasteiger partial charge in [0.05, 0.1) is 22.8 Å². The summed E-state index contributed by atoms with van der Waals surface area (Å²) < 4.78 is 0. The lowest BCUT2D eigenvalue weighted by molar-refractivity contribution is 1.27. The van der Waals surface area contributed by atoms with Gasteiger partial charge in [-0.15, -0.1) is 0 Å². The van der Waals surface area contributed by atoms with Crippen LogP contribution in [0.3, 0.4) is 0 Å². The van der Waals surface area contributed by atoms with Crippen molar-refractivity contribution in [1.82, 2.24) is 0 Å². The molecule has 0 N–H and O–H groups in total. The van der Waals surface area contributed by atoms with Gasteiger partial charge >= 0.3 is 0 Å². The van der Waals surface area contributed by atoms with E-state index < -0.39 is 0 Å². The van der Waals surface area contributed by atoms with Crippen LogP contribution in [0.1, 0.15) is 31.4 Å². The summed E-state index contributed by atoms with van der Waals surface area (Å²) in [6.45, 7) is 7.99. The van der Waals surface area contributed by atoms with Crippen molar-refractivity contribution in [3.05, 3.63) is 57.6 Å². The van der Waals surface area contributed by atoms with Crippen LogP contribution < -0.4 is 0 Å². The van der Waals surface area contributed by atoms with Crippen molar-refractivity contribution in [1.29, 1.82) is 0 Å². The van der Waals surface area contributed by atoms with Crippen molar-refractivity contribution in [2.45, 2.75) is 34.1 Å². The summed E-state index contributed by atoms with van der Waals surface area (Å²) in [7, 11) is 0. The number of hydrogen-bond donors (Lipinski definition) is 0. The van der Waals surface area contributed by atoms with E-state index >= 15 is 0 Å². The van der Waals surface area contributed by atoms with E-state index in [4.69, 9.17) is 33.2 Å². The van der Waals surface area contributed by atoms with Gasteiger partial charge in [-0.2, -0.15) is 0 Å². The van der Waals surface area contributed by atoms with Crippen LogP contribution in [-0.4, -0.2) is 11.4 Å². The molecule has 2 rings (SSSR count). The number of benzene rings is 2. The smallest absolute Gasteiger partial charge is 0.0677 e. The fraction of sp³-hybridized carbons (Fsp3) is 0.263. The summed E-state index contributed by atoms with van der Waals surface area (Å²) in [5, 5.41) is 1.45. The highest BCUT2D eigenvalue weighted by atomic mass is 35.5. The molecule has 0 saturated heterocycles. The van der Waals surface area contributed by atoms with Gasteiger partial charge in [0.1, 0.15) is 0 Å². The molecule has 0 fully saturated rings. The fourth-order valence-corrected chi connectivity index (χ4v) is 2.58. The zero-order chi connectivity index (χ0) is 17.0. The second kappa shape index (κ2) is 7.76. The van der Waals surface area contributed by atoms with Crippen LogP contribution in [0.2, 0.25) is 10.0 Å². The molecule has 0 bridgehead atoms. The Morgan fingerprint density at radius 3 is 1.83 bits per heavy atom. The predicted molar refractivity (Wildman–Crippen MR) is 103 cm³/mol. The van der Waals surface area contributed by atoms with E-state index in [1.165, 1.54) is 0 Å². The van der Waals surface area contributed by atoms with E-state index in [1.54, 1.807) is 0 Å². The minimum atomic E-state index is 0.722. The summed E-state index contributed by atoms with van der Waals surface area (Å²) in [5.74, 6) is 0. The first-order valence-electron chi connectivity index (χ1n) is 7.57. The summed E-state index contributed by atoms with van der Waals surface area (Å²) in [5.41, 5.74) is 5.53. The third-order valence-electron chi connectivity index (χ3n) is 3.77. The second-order valence-electron chi connectivity index (χ2n) is 5.38. The molecule has 0 atom stereocenters. The third kappa shape index (κ3) is 4.21. The maximum atomic E-state index is 6.17. The van der Waals surface area contributed by atoms with E-state index in [1.807, 2.05) is 57.2 Å². The maximum Gasteiger partial charge on any atom is 0.0677 e. The van der Waals surface area contributed by atoms with Crippen molar-refractivity contribution in [2.75, 3.05) is 0 Å². The van der Waals surface area contributed by atoms with Crippen molar-refractivity contribution >= 4 is 46.0 Å². The summed E-state index contributed by atoms with van der Waals surface area (Å²) in [6.07, 6.45) is 0.793. The van der Waals surface area contributed by atoms with Gasteiger partial charge in [0.15, 0.2) is 0 Å². The summed E-state index contributed by atoms with van der Waals surface area (Å²) in [4.78, 5) is 9.46. The van der Waals surface area contributed by atoms with E-state index in [-0.39, 0.29) is 0 Å². The van der Waals surface area contributed by atoms with Crippen molar-refractivity contribution in [3.63, 3.8) is 0 Å². The molecule has 0 radical (unpaired) electrons. The highest BCUT2D eigenvalue weighted by Gasteiger charge is 2.07. The lowest BCUT2D eigenvalue weighted by atomic mass is 10.1. The molecule has 23 heavy (non-hydrogen) atoms. The van der Waals surface area contributed by atoms with Gasteiger partial charge < -0.3 is 0 Å². The second-order valence-corrected chi connectivity index (χ2v) is 6.19. The van der Waals surface area contributed by atoms with E-state index in [9.17, 15) is 0 Å². The van der Waals surface area contributed by atoms with Gasteiger partial charge in [0.25, 0.3) is 0 Å². The highest BCUT2D eigenvalue weighted by Crippen LogP contribution is 2.28. The maximum absolute atomic E-state index is 6.17. The summed E-state index contributed by atoms with van der Waals surface area (Å²) >= 11 is 12.3. The lowest BCUT2D eigenvalue weighted by Gasteiger charge is -2.08. The summed E-state index contributed by atoms with van der Waals surface area (Å²) in [6, 6.07) is 11.5. The monoisotopic (exact) mass is 346 g/mol. The molecule has 0 unspecified atom stereocenters. The topological polar surface area (TPSA) is 24.7 Å². The molecular formula is C19H20Cl2N2. The molecule has 0 amide bonds. The van der Waals surface area contributed by atoms with Crippen LogP contribution in [0.15, 0.2) is 46.4 Å². The minimum Gasteiger partial charge on any atom is -0.252 e. The van der Waals surface area contributed by atoms with Crippen molar-refractivity contribution in [3.8, 4) is 0 Å². The molecule has 0 aliphatic heterocycles. The molecule has 0 aromatic heterocycles. The molecule has 0 aliphatic rings. The molecule has 120 valence electrons. The molecule has 2 nitrogen and oxygen atoms in total. The predicted octanol–water partition coefficient (Wildman–Crippen LogP) is 6.89. The zero-order valence-electron chi connectivity index (χ0n) is 13.8. The lowest BCUT2D eigenvalue weighted by Crippen LogP contribution is -2.08. The van der Waals surface area contributed by atoms with E-state index in [0.717, 1.165) is 50.4 Å². The van der Waals surface area contributed by atoms with E-state index in [2.05, 4.69) is 6.92 Å². The van der Waals surface area contributed by atoms with Gasteiger partial charge in [0.2, 0.25) is 0 Å². The number of halogens is 2. The van der Waals surface area contributed by atoms with Crippen LogP contribution in [0.25, 0.3) is 0 Å². The first-order chi connectivity index (χ1) is 10.9. The Morgan fingerprint density at radius 2 is 1.35 bits per heavy atom. The van der Waals surface area contributed by atoms with Crippen LogP contribution in [0.5, 0.6) is 0 Å². The van der Waals surface area contributed by atoms with Crippen LogP contribution >= 0.6 is 23.2 Å². The molecule has 2 aromatic carbocycles. The quantitative estimate of drug-likeness (QED) is 0.538. The number of nitrogens with zero attached hydrogens (tertiary/aromatic N) is 2. The average molecular weight is 347 g/mol. The standard InChI is InChI=1S/C19H20Cl2N2/c1-5-17(23-19-11-7-9-16(21)13(19)3)14(4)22-18-10-6-8-15(20)12(18)2/h6-11H,5H2,1-4H3. The Bertz CT molecular complexity index is 777. The largest absolute Gasteiger partial charge is 0.252 e. The number of aliphatic imine (C=N–C) groups is 2. The minimum absolute atomic E-state index is 0.722. The molecule has 4 heteroatoms. The first-order valence-corrected chi connectivity index (χ1v) is 8.33. The Labute approximate surface area is 147 Å². The Balaban J connectivity index is 2.44. The van der Waals surface area contributed by atoms with Gasteiger partial charge in [-0.25, -0.2) is 0 Å². The molecular weight excluding hydrogens is 327 g/mol. The zero-order valence-corrected chi connectivity index (χ0v) is 15.3. The highest BCUT2D eigenvalue weighted by molar-refractivity contribution is 6.42. The Hall–Kier alpha value is -1.64.